The molecule has 0 radical (unpaired) electrons. The number of benzene rings is 2. The first-order valence-corrected chi connectivity index (χ1v) is 13.7. The second-order valence-corrected chi connectivity index (χ2v) is 10.4. The summed E-state index contributed by atoms with van der Waals surface area (Å²) in [7, 11) is 1.60. The van der Waals surface area contributed by atoms with Gasteiger partial charge in [0.05, 0.1) is 30.3 Å². The molecule has 0 saturated heterocycles. The maximum Gasteiger partial charge on any atom is 0.341 e. The van der Waals surface area contributed by atoms with Gasteiger partial charge in [0.2, 0.25) is 0 Å². The number of hydrogen-bond acceptors (Lipinski definition) is 8. The number of hydrogen-bond donors (Lipinski definition) is 2. The first-order valence-electron chi connectivity index (χ1n) is 12.8. The minimum atomic E-state index is -0.460. The number of aromatic nitrogens is 3. The number of rotatable bonds is 6. The fourth-order valence-corrected chi connectivity index (χ4v) is 6.39. The van der Waals surface area contributed by atoms with Crippen LogP contribution in [0.25, 0.3) is 27.9 Å². The number of aryl methyl sites for hydroxylation is 1. The Morgan fingerprint density at radius 1 is 1.03 bits per heavy atom. The molecular formula is C29H27N5O4S. The molecule has 3 heterocycles. The summed E-state index contributed by atoms with van der Waals surface area (Å²) in [5.41, 5.74) is 11.2. The highest BCUT2D eigenvalue weighted by molar-refractivity contribution is 7.17. The normalized spacial score (nSPS) is 12.9. The number of anilines is 2. The van der Waals surface area contributed by atoms with Gasteiger partial charge >= 0.3 is 5.97 Å². The molecular weight excluding hydrogens is 514 g/mol. The van der Waals surface area contributed by atoms with Crippen LogP contribution >= 0.6 is 11.3 Å². The van der Waals surface area contributed by atoms with Crippen molar-refractivity contribution in [3.8, 4) is 11.4 Å². The van der Waals surface area contributed by atoms with Crippen molar-refractivity contribution in [3.63, 3.8) is 0 Å². The van der Waals surface area contributed by atoms with Crippen LogP contribution in [0.1, 0.15) is 50.9 Å². The molecule has 0 fully saturated rings. The molecule has 3 aromatic heterocycles. The molecule has 0 bridgehead atoms. The number of amides is 1. The molecule has 1 aliphatic carbocycles. The van der Waals surface area contributed by atoms with E-state index in [1.807, 2.05) is 48.5 Å². The van der Waals surface area contributed by atoms with E-state index < -0.39 is 11.9 Å². The Kier molecular flexibility index (Phi) is 6.40. The van der Waals surface area contributed by atoms with E-state index >= 15 is 0 Å². The lowest BCUT2D eigenvalue weighted by Crippen LogP contribution is -2.17. The fourth-order valence-electron chi connectivity index (χ4n) is 5.12. The highest BCUT2D eigenvalue weighted by Crippen LogP contribution is 2.40. The molecule has 198 valence electrons. The van der Waals surface area contributed by atoms with Gasteiger partial charge in [0, 0.05) is 10.6 Å². The van der Waals surface area contributed by atoms with Gasteiger partial charge in [0.15, 0.2) is 5.65 Å². The van der Waals surface area contributed by atoms with E-state index in [0.717, 1.165) is 36.1 Å². The number of nitrogens with one attached hydrogen (secondary N) is 1. The zero-order valence-electron chi connectivity index (χ0n) is 21.6. The molecule has 9 nitrogen and oxygen atoms in total. The highest BCUT2D eigenvalue weighted by atomic mass is 32.1. The molecule has 0 aliphatic heterocycles. The Morgan fingerprint density at radius 3 is 2.46 bits per heavy atom. The number of carbonyl (C=O) groups excluding carboxylic acids is 2. The first kappa shape index (κ1) is 24.9. The predicted octanol–water partition coefficient (Wildman–Crippen LogP) is 5.53. The number of nitrogens with two attached hydrogens (primary N) is 1. The van der Waals surface area contributed by atoms with Gasteiger partial charge in [-0.05, 0) is 74.6 Å². The summed E-state index contributed by atoms with van der Waals surface area (Å²) in [6.07, 6.45) is 3.70. The number of esters is 1. The quantitative estimate of drug-likeness (QED) is 0.271. The van der Waals surface area contributed by atoms with Gasteiger partial charge in [-0.3, -0.25) is 9.36 Å². The zero-order chi connectivity index (χ0) is 27.1. The van der Waals surface area contributed by atoms with Crippen LogP contribution in [0, 0.1) is 0 Å². The van der Waals surface area contributed by atoms with E-state index in [1.165, 1.54) is 11.3 Å². The molecule has 0 spiro atoms. The largest absolute Gasteiger partial charge is 0.497 e. The van der Waals surface area contributed by atoms with Crippen LogP contribution in [-0.4, -0.2) is 40.1 Å². The summed E-state index contributed by atoms with van der Waals surface area (Å²) in [6.45, 7) is 2.02. The number of thiophene rings is 1. The van der Waals surface area contributed by atoms with Crippen LogP contribution in [0.2, 0.25) is 0 Å². The molecule has 3 N–H and O–H groups in total. The average Bonchev–Trinajstić information content (AvgIpc) is 3.45. The molecule has 1 aliphatic rings. The molecule has 39 heavy (non-hydrogen) atoms. The predicted molar refractivity (Wildman–Crippen MR) is 152 cm³/mol. The molecule has 0 saturated carbocycles. The Bertz CT molecular complexity index is 1740. The van der Waals surface area contributed by atoms with Gasteiger partial charge in [-0.25, -0.2) is 14.8 Å². The summed E-state index contributed by atoms with van der Waals surface area (Å²) in [6, 6.07) is 14.8. The first-order chi connectivity index (χ1) is 19.0. The van der Waals surface area contributed by atoms with E-state index in [9.17, 15) is 9.59 Å². The van der Waals surface area contributed by atoms with Gasteiger partial charge in [0.25, 0.3) is 5.91 Å². The van der Waals surface area contributed by atoms with Gasteiger partial charge < -0.3 is 20.5 Å². The van der Waals surface area contributed by atoms with Crippen molar-refractivity contribution in [2.24, 2.45) is 0 Å². The van der Waals surface area contributed by atoms with Crippen molar-refractivity contribution in [2.45, 2.75) is 32.6 Å². The number of methoxy groups -OCH3 is 1. The summed E-state index contributed by atoms with van der Waals surface area (Å²) < 4.78 is 12.4. The van der Waals surface area contributed by atoms with Crippen molar-refractivity contribution in [2.75, 3.05) is 24.8 Å². The third-order valence-corrected chi connectivity index (χ3v) is 8.14. The van der Waals surface area contributed by atoms with Crippen LogP contribution in [0.15, 0.2) is 48.5 Å². The number of nitrogens with zero attached hydrogens (tertiary/aromatic N) is 3. The summed E-state index contributed by atoms with van der Waals surface area (Å²) >= 11 is 1.43. The van der Waals surface area contributed by atoms with Gasteiger partial charge in [-0.2, -0.15) is 0 Å². The third-order valence-electron chi connectivity index (χ3n) is 6.93. The van der Waals surface area contributed by atoms with Gasteiger partial charge in [-0.15, -0.1) is 11.3 Å². The minimum absolute atomic E-state index is 0.195. The lowest BCUT2D eigenvalue weighted by Gasteiger charge is -2.12. The highest BCUT2D eigenvalue weighted by Gasteiger charge is 2.30. The number of carbonyl (C=O) groups is 2. The SMILES string of the molecule is CCOC(=O)c1c(NC(=O)c2c(N)n(-c3ccc(OC)cc3)c3nc4ccccc4nc23)sc2c1CCCC2. The number of nitrogen functional groups attached to an aromatic ring is 1. The topological polar surface area (TPSA) is 121 Å². The second kappa shape index (κ2) is 10.0. The standard InChI is InChI=1S/C29H27N5O4S/c1-3-38-29(36)22-18-8-4-7-11-21(18)39-28(22)33-27(35)23-24-26(32-20-10-6-5-9-19(20)31-24)34(25(23)30)16-12-14-17(37-2)15-13-16/h5-6,9-10,12-15H,3-4,7-8,11,30H2,1-2H3,(H,33,35). The Morgan fingerprint density at radius 2 is 1.74 bits per heavy atom. The van der Waals surface area contributed by atoms with E-state index in [4.69, 9.17) is 25.2 Å². The van der Waals surface area contributed by atoms with Crippen molar-refractivity contribution >= 4 is 56.2 Å². The molecule has 2 aromatic carbocycles. The summed E-state index contributed by atoms with van der Waals surface area (Å²) in [5.74, 6) is 0.00326. The number of ether oxygens (including phenoxy) is 2. The molecule has 0 atom stereocenters. The maximum absolute atomic E-state index is 13.9. The molecule has 10 heteroatoms. The minimum Gasteiger partial charge on any atom is -0.497 e. The van der Waals surface area contributed by atoms with E-state index in [0.29, 0.717) is 44.2 Å². The average molecular weight is 542 g/mol. The van der Waals surface area contributed by atoms with E-state index in [1.54, 1.807) is 18.6 Å². The Hall–Kier alpha value is -4.44. The fraction of sp³-hybridized carbons (Fsp3) is 0.241. The zero-order valence-corrected chi connectivity index (χ0v) is 22.4. The van der Waals surface area contributed by atoms with Crippen molar-refractivity contribution in [1.82, 2.24) is 14.5 Å². The van der Waals surface area contributed by atoms with E-state index in [2.05, 4.69) is 5.32 Å². The van der Waals surface area contributed by atoms with Gasteiger partial charge in [-0.1, -0.05) is 12.1 Å². The second-order valence-electron chi connectivity index (χ2n) is 9.27. The van der Waals surface area contributed by atoms with Crippen molar-refractivity contribution in [1.29, 1.82) is 0 Å². The number of para-hydroxylation sites is 2. The van der Waals surface area contributed by atoms with Crippen molar-refractivity contribution < 1.29 is 19.1 Å². The maximum atomic E-state index is 13.9. The summed E-state index contributed by atoms with van der Waals surface area (Å²) in [4.78, 5) is 37.6. The summed E-state index contributed by atoms with van der Waals surface area (Å²) in [5, 5.41) is 3.46. The van der Waals surface area contributed by atoms with Crippen LogP contribution in [0.4, 0.5) is 10.8 Å². The molecule has 5 aromatic rings. The van der Waals surface area contributed by atoms with Crippen molar-refractivity contribution in [3.05, 3.63) is 70.1 Å². The molecule has 0 unspecified atom stereocenters. The number of fused-ring (bicyclic) bond motifs is 3. The molecule has 6 rings (SSSR count). The Labute approximate surface area is 228 Å². The van der Waals surface area contributed by atoms with Crippen LogP contribution in [-0.2, 0) is 17.6 Å². The lowest BCUT2D eigenvalue weighted by molar-refractivity contribution is 0.0526. The third kappa shape index (κ3) is 4.26. The molecule has 1 amide bonds. The van der Waals surface area contributed by atoms with Crippen LogP contribution in [0.3, 0.4) is 0 Å². The van der Waals surface area contributed by atoms with Crippen LogP contribution in [0.5, 0.6) is 5.75 Å². The Balaban J connectivity index is 1.51. The lowest BCUT2D eigenvalue weighted by atomic mass is 9.95. The smallest absolute Gasteiger partial charge is 0.341 e. The van der Waals surface area contributed by atoms with E-state index in [-0.39, 0.29) is 18.0 Å². The van der Waals surface area contributed by atoms with Crippen LogP contribution < -0.4 is 15.8 Å². The monoisotopic (exact) mass is 541 g/mol. The van der Waals surface area contributed by atoms with Gasteiger partial charge in [0.1, 0.15) is 27.6 Å².